The molecule has 0 aromatic heterocycles. The van der Waals surface area contributed by atoms with Crippen molar-refractivity contribution >= 4 is 43.1 Å². The summed E-state index contributed by atoms with van der Waals surface area (Å²) in [5.74, 6) is 0. The van der Waals surface area contributed by atoms with E-state index in [0.717, 1.165) is 0 Å². The normalized spacial score (nSPS) is 11.5. The molecule has 0 unspecified atom stereocenters. The lowest BCUT2D eigenvalue weighted by molar-refractivity contribution is 1.64. The van der Waals surface area contributed by atoms with Crippen molar-refractivity contribution in [2.24, 2.45) is 0 Å². The molecule has 0 atom stereocenters. The van der Waals surface area contributed by atoms with E-state index in [0.29, 0.717) is 0 Å². The SMILES string of the molecule is c1ccc(-c2ccc3cccc(-c4c5ccccc5c(-c5ccc(-c6ccccc6)c6ccccc56)c5ccccc45)c3c2)cc1. The average molecular weight is 583 g/mol. The third-order valence-electron chi connectivity index (χ3n) is 9.47. The summed E-state index contributed by atoms with van der Waals surface area (Å²) >= 11 is 0. The molecule has 9 aromatic rings. The second-order valence-electron chi connectivity index (χ2n) is 12.0. The van der Waals surface area contributed by atoms with Gasteiger partial charge in [0.1, 0.15) is 0 Å². The van der Waals surface area contributed by atoms with Crippen molar-refractivity contribution in [3.05, 3.63) is 182 Å². The summed E-state index contributed by atoms with van der Waals surface area (Å²) in [6.45, 7) is 0. The van der Waals surface area contributed by atoms with Crippen LogP contribution in [0.25, 0.3) is 87.6 Å². The maximum absolute atomic E-state index is 2.37. The van der Waals surface area contributed by atoms with Gasteiger partial charge in [-0.1, -0.05) is 176 Å². The van der Waals surface area contributed by atoms with E-state index in [4.69, 9.17) is 0 Å². The molecular formula is C46H30. The summed E-state index contributed by atoms with van der Waals surface area (Å²) in [6.07, 6.45) is 0. The van der Waals surface area contributed by atoms with Crippen LogP contribution in [0.1, 0.15) is 0 Å². The van der Waals surface area contributed by atoms with Crippen LogP contribution < -0.4 is 0 Å². The minimum Gasteiger partial charge on any atom is -0.0622 e. The predicted molar refractivity (Wildman–Crippen MR) is 198 cm³/mol. The van der Waals surface area contributed by atoms with E-state index in [1.807, 2.05) is 0 Å². The Morgan fingerprint density at radius 3 is 1.26 bits per heavy atom. The molecule has 0 radical (unpaired) electrons. The van der Waals surface area contributed by atoms with Gasteiger partial charge < -0.3 is 0 Å². The highest BCUT2D eigenvalue weighted by atomic mass is 14.2. The smallest absolute Gasteiger partial charge is 0.00201 e. The van der Waals surface area contributed by atoms with E-state index in [1.165, 1.54) is 87.6 Å². The largest absolute Gasteiger partial charge is 0.0622 e. The zero-order chi connectivity index (χ0) is 30.5. The number of hydrogen-bond acceptors (Lipinski definition) is 0. The van der Waals surface area contributed by atoms with Crippen molar-refractivity contribution in [2.75, 3.05) is 0 Å². The van der Waals surface area contributed by atoms with Crippen LogP contribution in [-0.4, -0.2) is 0 Å². The first kappa shape index (κ1) is 26.4. The second-order valence-corrected chi connectivity index (χ2v) is 12.0. The highest BCUT2D eigenvalue weighted by Gasteiger charge is 2.20. The molecule has 214 valence electrons. The summed E-state index contributed by atoms with van der Waals surface area (Å²) in [5, 5.41) is 10.1. The Morgan fingerprint density at radius 2 is 0.674 bits per heavy atom. The molecule has 0 spiro atoms. The van der Waals surface area contributed by atoms with Crippen molar-refractivity contribution in [1.82, 2.24) is 0 Å². The molecule has 0 aliphatic heterocycles. The van der Waals surface area contributed by atoms with Crippen LogP contribution in [0.4, 0.5) is 0 Å². The van der Waals surface area contributed by atoms with Gasteiger partial charge in [-0.15, -0.1) is 0 Å². The zero-order valence-electron chi connectivity index (χ0n) is 25.3. The monoisotopic (exact) mass is 582 g/mol. The molecule has 0 fully saturated rings. The Labute approximate surface area is 268 Å². The molecule has 0 heteroatoms. The first-order valence-electron chi connectivity index (χ1n) is 15.9. The molecule has 0 heterocycles. The maximum atomic E-state index is 2.37. The van der Waals surface area contributed by atoms with Crippen LogP contribution in [0, 0.1) is 0 Å². The summed E-state index contributed by atoms with van der Waals surface area (Å²) in [7, 11) is 0. The number of fused-ring (bicyclic) bond motifs is 4. The maximum Gasteiger partial charge on any atom is -0.00201 e. The Balaban J connectivity index is 1.37. The molecule has 46 heavy (non-hydrogen) atoms. The molecule has 0 aliphatic carbocycles. The topological polar surface area (TPSA) is 0 Å². The van der Waals surface area contributed by atoms with E-state index in [9.17, 15) is 0 Å². The molecule has 9 rings (SSSR count). The average Bonchev–Trinajstić information content (AvgIpc) is 3.14. The Morgan fingerprint density at radius 1 is 0.217 bits per heavy atom. The van der Waals surface area contributed by atoms with Crippen molar-refractivity contribution in [3.8, 4) is 44.5 Å². The fourth-order valence-electron chi connectivity index (χ4n) is 7.40. The summed E-state index contributed by atoms with van der Waals surface area (Å²) in [5.41, 5.74) is 10.1. The van der Waals surface area contributed by atoms with Gasteiger partial charge in [-0.2, -0.15) is 0 Å². The van der Waals surface area contributed by atoms with Gasteiger partial charge in [-0.3, -0.25) is 0 Å². The van der Waals surface area contributed by atoms with Crippen molar-refractivity contribution in [1.29, 1.82) is 0 Å². The van der Waals surface area contributed by atoms with Gasteiger partial charge in [-0.25, -0.2) is 0 Å². The van der Waals surface area contributed by atoms with Crippen molar-refractivity contribution in [3.63, 3.8) is 0 Å². The van der Waals surface area contributed by atoms with Crippen LogP contribution in [-0.2, 0) is 0 Å². The van der Waals surface area contributed by atoms with E-state index in [2.05, 4.69) is 182 Å². The number of benzene rings is 9. The van der Waals surface area contributed by atoms with E-state index in [1.54, 1.807) is 0 Å². The fourth-order valence-corrected chi connectivity index (χ4v) is 7.40. The quantitative estimate of drug-likeness (QED) is 0.181. The van der Waals surface area contributed by atoms with Crippen LogP contribution >= 0.6 is 0 Å². The molecule has 0 aliphatic rings. The fraction of sp³-hybridized carbons (Fsp3) is 0. The van der Waals surface area contributed by atoms with E-state index >= 15 is 0 Å². The third kappa shape index (κ3) is 4.23. The highest BCUT2D eigenvalue weighted by molar-refractivity contribution is 6.25. The van der Waals surface area contributed by atoms with Gasteiger partial charge in [0, 0.05) is 0 Å². The van der Waals surface area contributed by atoms with Crippen LogP contribution in [0.5, 0.6) is 0 Å². The molecule has 0 amide bonds. The van der Waals surface area contributed by atoms with Gasteiger partial charge in [-0.05, 0) is 93.7 Å². The summed E-state index contributed by atoms with van der Waals surface area (Å²) in [4.78, 5) is 0. The van der Waals surface area contributed by atoms with Crippen molar-refractivity contribution in [2.45, 2.75) is 0 Å². The Bertz CT molecular complexity index is 2440. The van der Waals surface area contributed by atoms with Crippen LogP contribution in [0.3, 0.4) is 0 Å². The molecule has 0 saturated carbocycles. The standard InChI is InChI=1S/C46H30/c1-3-14-31(15-4-1)34-27-26-33-18-13-25-42(44(33)30-34)45-38-21-9-11-23-40(38)46(41-24-12-10-22-39(41)45)43-29-28-35(32-16-5-2-6-17-32)36-19-7-8-20-37(36)43/h1-30H. The lowest BCUT2D eigenvalue weighted by Crippen LogP contribution is -1.93. The third-order valence-corrected chi connectivity index (χ3v) is 9.47. The van der Waals surface area contributed by atoms with E-state index in [-0.39, 0.29) is 0 Å². The van der Waals surface area contributed by atoms with Gasteiger partial charge in [0.15, 0.2) is 0 Å². The molecular weight excluding hydrogens is 553 g/mol. The zero-order valence-corrected chi connectivity index (χ0v) is 25.3. The Hall–Kier alpha value is -5.98. The Kier molecular flexibility index (Phi) is 6.25. The highest BCUT2D eigenvalue weighted by Crippen LogP contribution is 2.47. The lowest BCUT2D eigenvalue weighted by atomic mass is 9.83. The molecule has 0 bridgehead atoms. The number of rotatable bonds is 4. The van der Waals surface area contributed by atoms with Crippen LogP contribution in [0.2, 0.25) is 0 Å². The first-order chi connectivity index (χ1) is 22.8. The predicted octanol–water partition coefficient (Wildman–Crippen LogP) is 13.0. The van der Waals surface area contributed by atoms with E-state index < -0.39 is 0 Å². The summed E-state index contributed by atoms with van der Waals surface area (Å²) in [6, 6.07) is 66.5. The van der Waals surface area contributed by atoms with Gasteiger partial charge in [0.05, 0.1) is 0 Å². The van der Waals surface area contributed by atoms with Gasteiger partial charge in [0.2, 0.25) is 0 Å². The van der Waals surface area contributed by atoms with Gasteiger partial charge >= 0.3 is 0 Å². The van der Waals surface area contributed by atoms with Gasteiger partial charge in [0.25, 0.3) is 0 Å². The lowest BCUT2D eigenvalue weighted by Gasteiger charge is -2.20. The first-order valence-corrected chi connectivity index (χ1v) is 15.9. The molecule has 0 saturated heterocycles. The number of hydrogen-bond donors (Lipinski definition) is 0. The molecule has 0 N–H and O–H groups in total. The second kappa shape index (κ2) is 10.9. The van der Waals surface area contributed by atoms with Crippen molar-refractivity contribution < 1.29 is 0 Å². The summed E-state index contributed by atoms with van der Waals surface area (Å²) < 4.78 is 0. The molecule has 0 nitrogen and oxygen atoms in total. The minimum absolute atomic E-state index is 1.23. The van der Waals surface area contributed by atoms with Crippen LogP contribution in [0.15, 0.2) is 182 Å². The molecule has 9 aromatic carbocycles. The minimum atomic E-state index is 1.23.